The van der Waals surface area contributed by atoms with E-state index in [2.05, 4.69) is 26.0 Å². The number of rotatable bonds is 7. The van der Waals surface area contributed by atoms with E-state index in [4.69, 9.17) is 14.6 Å². The Hall–Kier alpha value is -1.33. The van der Waals surface area contributed by atoms with Crippen LogP contribution < -0.4 is 0 Å². The van der Waals surface area contributed by atoms with Gasteiger partial charge in [-0.1, -0.05) is 19.9 Å². The van der Waals surface area contributed by atoms with Crippen molar-refractivity contribution < 1.29 is 24.5 Å². The third-order valence-corrected chi connectivity index (χ3v) is 9.38. The molecule has 0 saturated heterocycles. The molecule has 4 aliphatic rings. The van der Waals surface area contributed by atoms with Crippen LogP contribution in [0, 0.1) is 28.6 Å². The Balaban J connectivity index is 1.54. The van der Waals surface area contributed by atoms with Gasteiger partial charge < -0.3 is 19.7 Å². The summed E-state index contributed by atoms with van der Waals surface area (Å²) in [6, 6.07) is 0. The van der Waals surface area contributed by atoms with Crippen LogP contribution in [-0.2, 0) is 14.3 Å². The monoisotopic (exact) mass is 418 g/mol. The number of fused-ring (bicyclic) bond motifs is 5. The van der Waals surface area contributed by atoms with Gasteiger partial charge in [0.25, 0.3) is 0 Å². The maximum atomic E-state index is 11.5. The molecular weight excluding hydrogens is 380 g/mol. The van der Waals surface area contributed by atoms with Crippen molar-refractivity contribution in [2.75, 3.05) is 20.3 Å². The molecule has 168 valence electrons. The van der Waals surface area contributed by atoms with E-state index in [1.54, 1.807) is 7.11 Å². The maximum Gasteiger partial charge on any atom is 0.303 e. The summed E-state index contributed by atoms with van der Waals surface area (Å²) in [6.45, 7) is 5.90. The van der Waals surface area contributed by atoms with E-state index in [0.29, 0.717) is 37.4 Å². The molecule has 2 N–H and O–H groups in total. The molecule has 0 bridgehead atoms. The molecule has 5 heteroatoms. The van der Waals surface area contributed by atoms with Gasteiger partial charge in [-0.25, -0.2) is 0 Å². The largest absolute Gasteiger partial charge is 0.496 e. The van der Waals surface area contributed by atoms with Gasteiger partial charge in [0, 0.05) is 20.0 Å². The number of aliphatic hydroxyl groups is 1. The first-order chi connectivity index (χ1) is 14.2. The quantitative estimate of drug-likeness (QED) is 0.586. The highest BCUT2D eigenvalue weighted by Gasteiger charge is 2.63. The first-order valence-electron chi connectivity index (χ1n) is 11.7. The molecule has 0 unspecified atom stereocenters. The van der Waals surface area contributed by atoms with E-state index in [0.717, 1.165) is 50.7 Å². The predicted molar refractivity (Wildman–Crippen MR) is 115 cm³/mol. The van der Waals surface area contributed by atoms with Crippen molar-refractivity contribution in [2.24, 2.45) is 28.6 Å². The van der Waals surface area contributed by atoms with Gasteiger partial charge in [0.2, 0.25) is 0 Å². The van der Waals surface area contributed by atoms with Crippen molar-refractivity contribution in [3.8, 4) is 0 Å². The standard InChI is InChI=1S/C25H38O5/c1-23-10-6-18(30-15-14-29-3)16-17(23)4-5-19-20(23)7-11-24(2)21(19)8-12-25(24,28)13-9-22(26)27/h4,16,19-21,28H,5-15H2,1-3H3,(H,26,27)/t19-,20+,21+,23+,24+,25-/m1/s1. The molecule has 4 rings (SSSR count). The minimum Gasteiger partial charge on any atom is -0.496 e. The van der Waals surface area contributed by atoms with Crippen molar-refractivity contribution in [1.82, 2.24) is 0 Å². The molecule has 0 aliphatic heterocycles. The molecule has 5 nitrogen and oxygen atoms in total. The SMILES string of the molecule is COCCOC1=CC2=CC[C@@H]3[C@H](CC[C@@]4(C)[C@H]3CC[C@@]4(O)CCC(=O)O)[C@@]2(C)CC1. The average molecular weight is 419 g/mol. The second kappa shape index (κ2) is 7.98. The lowest BCUT2D eigenvalue weighted by Gasteiger charge is -2.58. The zero-order chi connectivity index (χ0) is 21.6. The van der Waals surface area contributed by atoms with Crippen LogP contribution in [-0.4, -0.2) is 42.1 Å². The number of aliphatic carboxylic acids is 1. The van der Waals surface area contributed by atoms with Crippen LogP contribution >= 0.6 is 0 Å². The lowest BCUT2D eigenvalue weighted by Crippen LogP contribution is -2.54. The number of carboxylic acid groups (broad SMARTS) is 1. The lowest BCUT2D eigenvalue weighted by molar-refractivity contribution is -0.145. The van der Waals surface area contributed by atoms with Crippen LogP contribution in [0.25, 0.3) is 0 Å². The predicted octanol–water partition coefficient (Wildman–Crippen LogP) is 4.70. The first-order valence-corrected chi connectivity index (χ1v) is 11.7. The number of hydrogen-bond donors (Lipinski definition) is 2. The normalized spacial score (nSPS) is 42.5. The van der Waals surface area contributed by atoms with Gasteiger partial charge >= 0.3 is 5.97 Å². The first kappa shape index (κ1) is 21.9. The van der Waals surface area contributed by atoms with Crippen molar-refractivity contribution in [1.29, 1.82) is 0 Å². The Morgan fingerprint density at radius 3 is 2.67 bits per heavy atom. The molecule has 0 spiro atoms. The van der Waals surface area contributed by atoms with Gasteiger partial charge in [-0.3, -0.25) is 4.79 Å². The minimum absolute atomic E-state index is 0.0608. The fourth-order valence-electron chi connectivity index (χ4n) is 7.50. The summed E-state index contributed by atoms with van der Waals surface area (Å²) in [4.78, 5) is 11.2. The number of carboxylic acids is 1. The molecule has 0 aromatic heterocycles. The van der Waals surface area contributed by atoms with Crippen LogP contribution in [0.1, 0.15) is 71.6 Å². The van der Waals surface area contributed by atoms with Gasteiger partial charge in [0.05, 0.1) is 18.0 Å². The number of ether oxygens (including phenoxy) is 2. The van der Waals surface area contributed by atoms with Crippen LogP contribution in [0.5, 0.6) is 0 Å². The average Bonchev–Trinajstić information content (AvgIpc) is 2.98. The molecule has 0 radical (unpaired) electrons. The van der Waals surface area contributed by atoms with E-state index in [1.807, 2.05) is 0 Å². The third kappa shape index (κ3) is 3.42. The zero-order valence-electron chi connectivity index (χ0n) is 18.8. The molecule has 0 heterocycles. The molecule has 0 amide bonds. The fraction of sp³-hybridized carbons (Fsp3) is 0.800. The van der Waals surface area contributed by atoms with E-state index < -0.39 is 11.6 Å². The Bertz CT molecular complexity index is 742. The highest BCUT2D eigenvalue weighted by Crippen LogP contribution is 2.67. The van der Waals surface area contributed by atoms with E-state index in [9.17, 15) is 9.90 Å². The molecule has 0 aromatic rings. The molecule has 0 aromatic carbocycles. The van der Waals surface area contributed by atoms with Crippen LogP contribution in [0.4, 0.5) is 0 Å². The van der Waals surface area contributed by atoms with Gasteiger partial charge in [-0.2, -0.15) is 0 Å². The van der Waals surface area contributed by atoms with Gasteiger partial charge in [0.1, 0.15) is 6.61 Å². The van der Waals surface area contributed by atoms with Crippen LogP contribution in [0.15, 0.2) is 23.5 Å². The van der Waals surface area contributed by atoms with E-state index in [-0.39, 0.29) is 17.3 Å². The number of hydrogen-bond acceptors (Lipinski definition) is 4. The van der Waals surface area contributed by atoms with Crippen molar-refractivity contribution in [3.63, 3.8) is 0 Å². The van der Waals surface area contributed by atoms with Crippen molar-refractivity contribution in [2.45, 2.75) is 77.2 Å². The van der Waals surface area contributed by atoms with Gasteiger partial charge in [0.15, 0.2) is 0 Å². The smallest absolute Gasteiger partial charge is 0.303 e. The summed E-state index contributed by atoms with van der Waals surface area (Å²) in [5, 5.41) is 20.7. The van der Waals surface area contributed by atoms with Crippen LogP contribution in [0.3, 0.4) is 0 Å². The molecule has 2 fully saturated rings. The Kier molecular flexibility index (Phi) is 5.82. The minimum atomic E-state index is -0.833. The Morgan fingerprint density at radius 2 is 1.93 bits per heavy atom. The summed E-state index contributed by atoms with van der Waals surface area (Å²) in [6.07, 6.45) is 12.2. The lowest BCUT2D eigenvalue weighted by atomic mass is 9.47. The Labute approximate surface area is 180 Å². The summed E-state index contributed by atoms with van der Waals surface area (Å²) in [5.74, 6) is 1.97. The molecule has 6 atom stereocenters. The number of allylic oxidation sites excluding steroid dienone is 4. The summed E-state index contributed by atoms with van der Waals surface area (Å²) < 4.78 is 11.0. The van der Waals surface area contributed by atoms with Gasteiger partial charge in [-0.15, -0.1) is 0 Å². The molecule has 4 aliphatic carbocycles. The van der Waals surface area contributed by atoms with E-state index in [1.165, 1.54) is 5.57 Å². The zero-order valence-corrected chi connectivity index (χ0v) is 18.8. The summed E-state index contributed by atoms with van der Waals surface area (Å²) in [5.41, 5.74) is 0.621. The number of methoxy groups -OCH3 is 1. The summed E-state index contributed by atoms with van der Waals surface area (Å²) in [7, 11) is 1.70. The summed E-state index contributed by atoms with van der Waals surface area (Å²) >= 11 is 0. The molecular formula is C25H38O5. The third-order valence-electron chi connectivity index (χ3n) is 9.38. The van der Waals surface area contributed by atoms with E-state index >= 15 is 0 Å². The molecule has 2 saturated carbocycles. The maximum absolute atomic E-state index is 11.5. The van der Waals surface area contributed by atoms with Gasteiger partial charge in [-0.05, 0) is 85.2 Å². The van der Waals surface area contributed by atoms with Crippen molar-refractivity contribution in [3.05, 3.63) is 23.5 Å². The molecule has 30 heavy (non-hydrogen) atoms. The second-order valence-corrected chi connectivity index (χ2v) is 10.6. The highest BCUT2D eigenvalue weighted by atomic mass is 16.5. The Morgan fingerprint density at radius 1 is 1.17 bits per heavy atom. The fourth-order valence-corrected chi connectivity index (χ4v) is 7.50. The van der Waals surface area contributed by atoms with Crippen LogP contribution in [0.2, 0.25) is 0 Å². The highest BCUT2D eigenvalue weighted by molar-refractivity contribution is 5.66. The second-order valence-electron chi connectivity index (χ2n) is 10.6. The van der Waals surface area contributed by atoms with Crippen molar-refractivity contribution >= 4 is 5.97 Å². The number of carbonyl (C=O) groups is 1. The topological polar surface area (TPSA) is 76.0 Å².